The molecule has 4 heteroatoms. The summed E-state index contributed by atoms with van der Waals surface area (Å²) in [5.41, 5.74) is 0. The van der Waals surface area contributed by atoms with E-state index in [2.05, 4.69) is 5.32 Å². The van der Waals surface area contributed by atoms with Crippen LogP contribution in [0.4, 0.5) is 0 Å². The first-order chi connectivity index (χ1) is 10.8. The van der Waals surface area contributed by atoms with Crippen molar-refractivity contribution in [3.8, 4) is 0 Å². The lowest BCUT2D eigenvalue weighted by atomic mass is 9.86. The van der Waals surface area contributed by atoms with Crippen LogP contribution in [0.5, 0.6) is 0 Å². The van der Waals surface area contributed by atoms with Crippen LogP contribution in [0, 0.1) is 5.92 Å². The van der Waals surface area contributed by atoms with Gasteiger partial charge in [0.2, 0.25) is 5.91 Å². The van der Waals surface area contributed by atoms with Crippen molar-refractivity contribution in [1.82, 2.24) is 5.32 Å². The van der Waals surface area contributed by atoms with Gasteiger partial charge in [-0.05, 0) is 31.4 Å². The maximum atomic E-state index is 12.2. The molecule has 2 aliphatic rings. The molecule has 1 N–H and O–H groups in total. The van der Waals surface area contributed by atoms with E-state index in [0.29, 0.717) is 12.5 Å². The van der Waals surface area contributed by atoms with Crippen molar-refractivity contribution >= 4 is 22.8 Å². The molecule has 2 rings (SSSR count). The summed E-state index contributed by atoms with van der Waals surface area (Å²) in [4.78, 5) is 17.0. The van der Waals surface area contributed by atoms with Crippen LogP contribution >= 0.6 is 11.8 Å². The van der Waals surface area contributed by atoms with Gasteiger partial charge in [0, 0.05) is 6.42 Å². The molecule has 0 bridgehead atoms. The van der Waals surface area contributed by atoms with E-state index in [0.717, 1.165) is 17.5 Å². The predicted octanol–water partition coefficient (Wildman–Crippen LogP) is 4.90. The standard InChI is InChI=1S/C18H32N2OS/c1-22-18(19-16-11-7-2-3-8-12-16)20-17(21)14-13-15-9-5-4-6-10-15/h15-16H,2-14H2,1H3,(H,19,20,21). The van der Waals surface area contributed by atoms with E-state index in [1.54, 1.807) is 11.8 Å². The highest BCUT2D eigenvalue weighted by molar-refractivity contribution is 8.13. The van der Waals surface area contributed by atoms with Gasteiger partial charge in [0.15, 0.2) is 5.17 Å². The van der Waals surface area contributed by atoms with Crippen LogP contribution in [-0.4, -0.2) is 23.4 Å². The van der Waals surface area contributed by atoms with Crippen LogP contribution in [0.25, 0.3) is 0 Å². The highest BCUT2D eigenvalue weighted by atomic mass is 32.2. The second kappa shape index (κ2) is 10.3. The fraction of sp³-hybridized carbons (Fsp3) is 0.889. The van der Waals surface area contributed by atoms with Gasteiger partial charge in [-0.15, -0.1) is 0 Å². The Hall–Kier alpha value is -0.510. The number of hydrogen-bond acceptors (Lipinski definition) is 3. The van der Waals surface area contributed by atoms with Gasteiger partial charge < -0.3 is 5.32 Å². The predicted molar refractivity (Wildman–Crippen MR) is 96.4 cm³/mol. The van der Waals surface area contributed by atoms with Gasteiger partial charge in [-0.3, -0.25) is 9.79 Å². The molecule has 0 heterocycles. The van der Waals surface area contributed by atoms with Crippen molar-refractivity contribution in [2.75, 3.05) is 6.26 Å². The summed E-state index contributed by atoms with van der Waals surface area (Å²) in [7, 11) is 0. The molecule has 0 aromatic heterocycles. The summed E-state index contributed by atoms with van der Waals surface area (Å²) < 4.78 is 0. The summed E-state index contributed by atoms with van der Waals surface area (Å²) in [6.45, 7) is 0. The van der Waals surface area contributed by atoms with E-state index in [1.165, 1.54) is 70.6 Å². The molecule has 0 radical (unpaired) electrons. The molecule has 3 nitrogen and oxygen atoms in total. The minimum atomic E-state index is 0.160. The number of amidine groups is 1. The van der Waals surface area contributed by atoms with Crippen LogP contribution in [0.3, 0.4) is 0 Å². The molecule has 0 aromatic rings. The molecule has 22 heavy (non-hydrogen) atoms. The third kappa shape index (κ3) is 6.72. The summed E-state index contributed by atoms with van der Waals surface area (Å²) in [5.74, 6) is 0.934. The number of aliphatic imine (C=N–C) groups is 1. The second-order valence-electron chi connectivity index (χ2n) is 6.87. The summed E-state index contributed by atoms with van der Waals surface area (Å²) in [6.07, 6.45) is 18.1. The van der Waals surface area contributed by atoms with Gasteiger partial charge in [-0.25, -0.2) is 0 Å². The number of carbonyl (C=O) groups is 1. The van der Waals surface area contributed by atoms with Crippen LogP contribution in [0.15, 0.2) is 4.99 Å². The summed E-state index contributed by atoms with van der Waals surface area (Å²) in [6, 6.07) is 0.420. The molecule has 0 aliphatic heterocycles. The molecule has 2 fully saturated rings. The average Bonchev–Trinajstić information content (AvgIpc) is 2.82. The van der Waals surface area contributed by atoms with Crippen molar-refractivity contribution in [1.29, 1.82) is 0 Å². The smallest absolute Gasteiger partial charge is 0.225 e. The molecule has 0 aromatic carbocycles. The molecule has 2 saturated carbocycles. The Bertz CT molecular complexity index is 356. The second-order valence-corrected chi connectivity index (χ2v) is 7.67. The molecule has 1 amide bonds. The zero-order chi connectivity index (χ0) is 15.6. The summed E-state index contributed by atoms with van der Waals surface area (Å²) in [5, 5.41) is 3.88. The molecule has 0 saturated heterocycles. The first-order valence-corrected chi connectivity index (χ1v) is 10.4. The van der Waals surface area contributed by atoms with Crippen LogP contribution in [0.2, 0.25) is 0 Å². The van der Waals surface area contributed by atoms with Crippen molar-refractivity contribution in [2.45, 2.75) is 89.5 Å². The van der Waals surface area contributed by atoms with E-state index >= 15 is 0 Å². The van der Waals surface area contributed by atoms with Crippen molar-refractivity contribution < 1.29 is 4.79 Å². The van der Waals surface area contributed by atoms with Crippen molar-refractivity contribution in [3.63, 3.8) is 0 Å². The number of nitrogens with one attached hydrogen (secondary N) is 1. The van der Waals surface area contributed by atoms with Crippen molar-refractivity contribution in [2.24, 2.45) is 10.9 Å². The number of nitrogens with zero attached hydrogens (tertiary/aromatic N) is 1. The SMILES string of the molecule is CSC(=NC1CCCCCC1)NC(=O)CCC1CCCCC1. The van der Waals surface area contributed by atoms with Gasteiger partial charge in [0.1, 0.15) is 0 Å². The van der Waals surface area contributed by atoms with Gasteiger partial charge in [-0.2, -0.15) is 0 Å². The highest BCUT2D eigenvalue weighted by Gasteiger charge is 2.16. The van der Waals surface area contributed by atoms with Gasteiger partial charge in [-0.1, -0.05) is 69.5 Å². The quantitative estimate of drug-likeness (QED) is 0.454. The molecular weight excluding hydrogens is 292 g/mol. The van der Waals surface area contributed by atoms with E-state index in [4.69, 9.17) is 4.99 Å². The minimum Gasteiger partial charge on any atom is -0.305 e. The zero-order valence-corrected chi connectivity index (χ0v) is 14.9. The maximum absolute atomic E-state index is 12.2. The van der Waals surface area contributed by atoms with Gasteiger partial charge in [0.05, 0.1) is 6.04 Å². The molecule has 126 valence electrons. The molecule has 2 aliphatic carbocycles. The molecular formula is C18H32N2OS. The first-order valence-electron chi connectivity index (χ1n) is 9.19. The van der Waals surface area contributed by atoms with Crippen LogP contribution in [0.1, 0.15) is 83.5 Å². The average molecular weight is 325 g/mol. The van der Waals surface area contributed by atoms with Gasteiger partial charge >= 0.3 is 0 Å². The first kappa shape index (κ1) is 17.8. The third-order valence-electron chi connectivity index (χ3n) is 5.07. The van der Waals surface area contributed by atoms with Crippen LogP contribution in [-0.2, 0) is 4.79 Å². The highest BCUT2D eigenvalue weighted by Crippen LogP contribution is 2.27. The maximum Gasteiger partial charge on any atom is 0.225 e. The zero-order valence-electron chi connectivity index (χ0n) is 14.1. The molecule has 0 atom stereocenters. The topological polar surface area (TPSA) is 41.5 Å². The van der Waals surface area contributed by atoms with Crippen LogP contribution < -0.4 is 5.32 Å². The van der Waals surface area contributed by atoms with Crippen molar-refractivity contribution in [3.05, 3.63) is 0 Å². The lowest BCUT2D eigenvalue weighted by Gasteiger charge is -2.21. The van der Waals surface area contributed by atoms with E-state index < -0.39 is 0 Å². The normalized spacial score (nSPS) is 22.3. The fourth-order valence-corrected chi connectivity index (χ4v) is 4.15. The largest absolute Gasteiger partial charge is 0.305 e. The molecule has 0 spiro atoms. The molecule has 0 unspecified atom stereocenters. The Labute approximate surface area is 140 Å². The van der Waals surface area contributed by atoms with E-state index in [1.807, 2.05) is 6.26 Å². The number of amides is 1. The lowest BCUT2D eigenvalue weighted by molar-refractivity contribution is -0.120. The Morgan fingerprint density at radius 2 is 1.59 bits per heavy atom. The van der Waals surface area contributed by atoms with E-state index in [-0.39, 0.29) is 5.91 Å². The monoisotopic (exact) mass is 324 g/mol. The Morgan fingerprint density at radius 1 is 1.00 bits per heavy atom. The number of carbonyl (C=O) groups excluding carboxylic acids is 1. The Morgan fingerprint density at radius 3 is 2.23 bits per heavy atom. The Kier molecular flexibility index (Phi) is 8.35. The van der Waals surface area contributed by atoms with Gasteiger partial charge in [0.25, 0.3) is 0 Å². The lowest BCUT2D eigenvalue weighted by Crippen LogP contribution is -2.29. The van der Waals surface area contributed by atoms with E-state index in [9.17, 15) is 4.79 Å². The number of rotatable bonds is 4. The number of thioether (sulfide) groups is 1. The Balaban J connectivity index is 1.74. The summed E-state index contributed by atoms with van der Waals surface area (Å²) >= 11 is 1.58. The minimum absolute atomic E-state index is 0.160. The fourth-order valence-electron chi connectivity index (χ4n) is 3.68. The third-order valence-corrected chi connectivity index (χ3v) is 5.66. The number of hydrogen-bond donors (Lipinski definition) is 1.